The van der Waals surface area contributed by atoms with Gasteiger partial charge in [-0.15, -0.1) is 0 Å². The van der Waals surface area contributed by atoms with E-state index >= 15 is 0 Å². The molecule has 4 nitrogen and oxygen atoms in total. The lowest BCUT2D eigenvalue weighted by atomic mass is 10.4. The van der Waals surface area contributed by atoms with E-state index in [1.54, 1.807) is 6.92 Å². The van der Waals surface area contributed by atoms with Gasteiger partial charge in [-0.1, -0.05) is 0 Å². The summed E-state index contributed by atoms with van der Waals surface area (Å²) in [7, 11) is 1.31. The molecule has 0 aliphatic heterocycles. The summed E-state index contributed by atoms with van der Waals surface area (Å²) in [6.07, 6.45) is 1.51. The molecule has 12 heavy (non-hydrogen) atoms. The molecular formula is C8H14N2O2. The van der Waals surface area contributed by atoms with Gasteiger partial charge >= 0.3 is 5.97 Å². The average Bonchev–Trinajstić information content (AvgIpc) is 2.01. The summed E-state index contributed by atoms with van der Waals surface area (Å²) in [5.41, 5.74) is 0. The van der Waals surface area contributed by atoms with E-state index in [4.69, 9.17) is 0 Å². The molecule has 0 heterocycles. The molecule has 0 amide bonds. The van der Waals surface area contributed by atoms with Crippen LogP contribution in [0.25, 0.3) is 0 Å². The molecule has 0 saturated heterocycles. The highest BCUT2D eigenvalue weighted by Crippen LogP contribution is 1.92. The predicted molar refractivity (Wildman–Crippen MR) is 48.8 cm³/mol. The zero-order valence-electron chi connectivity index (χ0n) is 7.87. The van der Waals surface area contributed by atoms with E-state index in [0.29, 0.717) is 0 Å². The molecule has 0 aromatic rings. The Hall–Kier alpha value is -1.19. The van der Waals surface area contributed by atoms with Crippen molar-refractivity contribution in [2.24, 2.45) is 9.98 Å². The second-order valence-corrected chi connectivity index (χ2v) is 2.43. The van der Waals surface area contributed by atoms with E-state index in [2.05, 4.69) is 14.7 Å². The van der Waals surface area contributed by atoms with E-state index in [9.17, 15) is 4.79 Å². The van der Waals surface area contributed by atoms with E-state index in [0.717, 1.165) is 0 Å². The SMILES string of the molecule is C/C=N\C(=N/C(C)C)C(=O)OC. The first-order valence-electron chi connectivity index (χ1n) is 3.76. The summed E-state index contributed by atoms with van der Waals surface area (Å²) >= 11 is 0. The fourth-order valence-electron chi connectivity index (χ4n) is 0.597. The molecule has 0 rings (SSSR count). The van der Waals surface area contributed by atoms with Crippen LogP contribution < -0.4 is 0 Å². The van der Waals surface area contributed by atoms with Crippen LogP contribution in [0.3, 0.4) is 0 Å². The zero-order chi connectivity index (χ0) is 9.56. The van der Waals surface area contributed by atoms with Gasteiger partial charge in [0.25, 0.3) is 0 Å². The molecule has 0 spiro atoms. The Kier molecular flexibility index (Phi) is 4.92. The summed E-state index contributed by atoms with van der Waals surface area (Å²) in [5.74, 6) is -0.378. The van der Waals surface area contributed by atoms with Crippen molar-refractivity contribution in [2.75, 3.05) is 7.11 Å². The molecule has 0 unspecified atom stereocenters. The summed E-state index contributed by atoms with van der Waals surface area (Å²) in [4.78, 5) is 18.7. The fraction of sp³-hybridized carbons (Fsp3) is 0.625. The van der Waals surface area contributed by atoms with Gasteiger partial charge in [0.15, 0.2) is 0 Å². The highest BCUT2D eigenvalue weighted by Gasteiger charge is 2.09. The lowest BCUT2D eigenvalue weighted by Crippen LogP contribution is -2.15. The van der Waals surface area contributed by atoms with E-state index in [1.807, 2.05) is 13.8 Å². The fourth-order valence-corrected chi connectivity index (χ4v) is 0.597. The topological polar surface area (TPSA) is 51.0 Å². The molecule has 4 heteroatoms. The van der Waals surface area contributed by atoms with Crippen LogP contribution in [0.5, 0.6) is 0 Å². The molecule has 0 aliphatic carbocycles. The number of carbonyl (C=O) groups is 1. The number of ether oxygens (including phenoxy) is 1. The first-order chi connectivity index (χ1) is 5.61. The first kappa shape index (κ1) is 10.8. The molecule has 0 aliphatic rings. The van der Waals surface area contributed by atoms with Crippen molar-refractivity contribution in [1.29, 1.82) is 0 Å². The van der Waals surface area contributed by atoms with Gasteiger partial charge in [-0.25, -0.2) is 9.79 Å². The third-order valence-electron chi connectivity index (χ3n) is 1.000. The molecule has 0 aromatic heterocycles. The Balaban J connectivity index is 4.54. The Morgan fingerprint density at radius 3 is 2.42 bits per heavy atom. The third kappa shape index (κ3) is 3.85. The smallest absolute Gasteiger partial charge is 0.375 e. The van der Waals surface area contributed by atoms with Crippen LogP contribution >= 0.6 is 0 Å². The maximum atomic E-state index is 11.0. The van der Waals surface area contributed by atoms with E-state index in [1.165, 1.54) is 13.3 Å². The summed E-state index contributed by atoms with van der Waals surface area (Å²) < 4.78 is 4.48. The molecule has 68 valence electrons. The van der Waals surface area contributed by atoms with Crippen molar-refractivity contribution < 1.29 is 9.53 Å². The maximum Gasteiger partial charge on any atom is 0.375 e. The van der Waals surface area contributed by atoms with Crippen LogP contribution in [0.1, 0.15) is 20.8 Å². The minimum atomic E-state index is -0.498. The second-order valence-electron chi connectivity index (χ2n) is 2.43. The van der Waals surface area contributed by atoms with Crippen LogP contribution in [0.4, 0.5) is 0 Å². The zero-order valence-corrected chi connectivity index (χ0v) is 7.87. The Morgan fingerprint density at radius 1 is 1.50 bits per heavy atom. The van der Waals surface area contributed by atoms with Crippen molar-refractivity contribution in [2.45, 2.75) is 26.8 Å². The highest BCUT2D eigenvalue weighted by molar-refractivity contribution is 6.36. The van der Waals surface area contributed by atoms with Crippen LogP contribution in [0.2, 0.25) is 0 Å². The van der Waals surface area contributed by atoms with E-state index < -0.39 is 5.97 Å². The second kappa shape index (κ2) is 5.46. The number of rotatable bonds is 1. The number of carbonyl (C=O) groups excluding carboxylic acids is 1. The Morgan fingerprint density at radius 2 is 2.08 bits per heavy atom. The van der Waals surface area contributed by atoms with E-state index in [-0.39, 0.29) is 11.9 Å². The molecule has 0 atom stereocenters. The minimum Gasteiger partial charge on any atom is -0.463 e. The normalized spacial score (nSPS) is 12.6. The summed E-state index contributed by atoms with van der Waals surface area (Å²) in [6, 6.07) is 0.0443. The van der Waals surface area contributed by atoms with Gasteiger partial charge in [0.2, 0.25) is 5.84 Å². The van der Waals surface area contributed by atoms with Gasteiger partial charge in [0.1, 0.15) is 0 Å². The number of hydrogen-bond acceptors (Lipinski definition) is 3. The number of nitrogens with zero attached hydrogens (tertiary/aromatic N) is 2. The summed E-state index contributed by atoms with van der Waals surface area (Å²) in [5, 5.41) is 0. The largest absolute Gasteiger partial charge is 0.463 e. The van der Waals surface area contributed by atoms with Gasteiger partial charge in [0, 0.05) is 12.3 Å². The molecule has 0 radical (unpaired) electrons. The van der Waals surface area contributed by atoms with Crippen LogP contribution in [-0.4, -0.2) is 31.2 Å². The first-order valence-corrected chi connectivity index (χ1v) is 3.76. The quantitative estimate of drug-likeness (QED) is 0.335. The van der Waals surface area contributed by atoms with Crippen molar-refractivity contribution in [3.63, 3.8) is 0 Å². The Labute approximate surface area is 72.4 Å². The standard InChI is InChI=1S/C8H14N2O2/c1-5-9-7(8(11)12-4)10-6(2)3/h5-6H,1-4H3/b9-5-,10-7-. The van der Waals surface area contributed by atoms with Crippen molar-refractivity contribution in [1.82, 2.24) is 0 Å². The van der Waals surface area contributed by atoms with Crippen molar-refractivity contribution >= 4 is 18.0 Å². The molecule has 0 saturated carbocycles. The highest BCUT2D eigenvalue weighted by atomic mass is 16.5. The monoisotopic (exact) mass is 170 g/mol. The average molecular weight is 170 g/mol. The number of esters is 1. The molecular weight excluding hydrogens is 156 g/mol. The van der Waals surface area contributed by atoms with Crippen molar-refractivity contribution in [3.05, 3.63) is 0 Å². The predicted octanol–water partition coefficient (Wildman–Crippen LogP) is 1.06. The molecule has 0 aromatic carbocycles. The number of amidine groups is 1. The molecule has 0 N–H and O–H groups in total. The van der Waals surface area contributed by atoms with Crippen LogP contribution in [-0.2, 0) is 9.53 Å². The molecule has 0 bridgehead atoms. The van der Waals surface area contributed by atoms with Gasteiger partial charge in [-0.05, 0) is 20.8 Å². The van der Waals surface area contributed by atoms with Gasteiger partial charge < -0.3 is 4.74 Å². The van der Waals surface area contributed by atoms with Crippen molar-refractivity contribution in [3.8, 4) is 0 Å². The van der Waals surface area contributed by atoms with Gasteiger partial charge in [0.05, 0.1) is 7.11 Å². The summed E-state index contributed by atoms with van der Waals surface area (Å²) in [6.45, 7) is 5.46. The third-order valence-corrected chi connectivity index (χ3v) is 1.000. The van der Waals surface area contributed by atoms with Crippen LogP contribution in [0.15, 0.2) is 9.98 Å². The molecule has 0 fully saturated rings. The lowest BCUT2D eigenvalue weighted by molar-refractivity contribution is -0.132. The van der Waals surface area contributed by atoms with Gasteiger partial charge in [-0.2, -0.15) is 0 Å². The van der Waals surface area contributed by atoms with Crippen LogP contribution in [0, 0.1) is 0 Å². The minimum absolute atomic E-state index is 0.0443. The van der Waals surface area contributed by atoms with Gasteiger partial charge in [-0.3, -0.25) is 4.99 Å². The maximum absolute atomic E-state index is 11.0. The number of hydrogen-bond donors (Lipinski definition) is 0. The number of methoxy groups -OCH3 is 1. The Bertz CT molecular complexity index is 207. The number of aliphatic imine (C=N–C) groups is 2. The lowest BCUT2D eigenvalue weighted by Gasteiger charge is -2.00.